The fourth-order valence-corrected chi connectivity index (χ4v) is 2.92. The smallest absolute Gasteiger partial charge is 0.319 e. The molecule has 0 aliphatic carbocycles. The highest BCUT2D eigenvalue weighted by molar-refractivity contribution is 5.94. The molecule has 0 heterocycles. The van der Waals surface area contributed by atoms with Crippen LogP contribution in [0.4, 0.5) is 16.2 Å². The van der Waals surface area contributed by atoms with Crippen LogP contribution in [0.3, 0.4) is 0 Å². The van der Waals surface area contributed by atoms with Gasteiger partial charge >= 0.3 is 6.03 Å². The monoisotopic (exact) mass is 412 g/mol. The van der Waals surface area contributed by atoms with Crippen molar-refractivity contribution in [2.24, 2.45) is 5.92 Å². The molecule has 0 radical (unpaired) electrons. The summed E-state index contributed by atoms with van der Waals surface area (Å²) in [6, 6.07) is 12.9. The maximum absolute atomic E-state index is 12.5. The summed E-state index contributed by atoms with van der Waals surface area (Å²) in [6.45, 7) is 6.00. The molecule has 7 nitrogen and oxygen atoms in total. The molecule has 2 aromatic carbocycles. The number of nitrogens with one attached hydrogen (secondary N) is 3. The molecular weight excluding hydrogens is 380 g/mol. The van der Waals surface area contributed by atoms with E-state index in [0.29, 0.717) is 17.9 Å². The lowest BCUT2D eigenvalue weighted by Crippen LogP contribution is -2.37. The Morgan fingerprint density at radius 1 is 1.07 bits per heavy atom. The van der Waals surface area contributed by atoms with E-state index in [1.54, 1.807) is 13.2 Å². The van der Waals surface area contributed by atoms with Crippen molar-refractivity contribution < 1.29 is 14.3 Å². The lowest BCUT2D eigenvalue weighted by atomic mass is 10.1. The van der Waals surface area contributed by atoms with Crippen LogP contribution >= 0.6 is 0 Å². The van der Waals surface area contributed by atoms with Crippen molar-refractivity contribution in [2.45, 2.75) is 26.8 Å². The minimum atomic E-state index is -0.305. The zero-order valence-corrected chi connectivity index (χ0v) is 18.6. The van der Waals surface area contributed by atoms with E-state index in [2.05, 4.69) is 16.0 Å². The van der Waals surface area contributed by atoms with Gasteiger partial charge in [-0.3, -0.25) is 4.79 Å². The molecule has 162 valence electrons. The predicted molar refractivity (Wildman–Crippen MR) is 121 cm³/mol. The Morgan fingerprint density at radius 2 is 1.80 bits per heavy atom. The van der Waals surface area contributed by atoms with Crippen LogP contribution < -0.4 is 20.7 Å². The molecule has 0 aliphatic heterocycles. The van der Waals surface area contributed by atoms with Gasteiger partial charge in [0.15, 0.2) is 0 Å². The van der Waals surface area contributed by atoms with Crippen LogP contribution in [0.2, 0.25) is 0 Å². The van der Waals surface area contributed by atoms with Crippen molar-refractivity contribution in [3.63, 3.8) is 0 Å². The van der Waals surface area contributed by atoms with Gasteiger partial charge in [0.25, 0.3) is 0 Å². The van der Waals surface area contributed by atoms with E-state index in [1.807, 2.05) is 76.2 Å². The largest absolute Gasteiger partial charge is 0.497 e. The van der Waals surface area contributed by atoms with Crippen LogP contribution in [-0.2, 0) is 4.79 Å². The Kier molecular flexibility index (Phi) is 8.24. The SMILES string of the molecule is COc1cccc(C(CNC(=O)Nc2cc(NC(=O)C(C)C)ccc2C)N(C)C)c1. The number of rotatable bonds is 8. The van der Waals surface area contributed by atoms with Crippen molar-refractivity contribution in [1.82, 2.24) is 10.2 Å². The number of nitrogens with zero attached hydrogens (tertiary/aromatic N) is 1. The summed E-state index contributed by atoms with van der Waals surface area (Å²) >= 11 is 0. The van der Waals surface area contributed by atoms with Crippen LogP contribution in [0.1, 0.15) is 31.0 Å². The number of amides is 3. The number of hydrogen-bond acceptors (Lipinski definition) is 4. The maximum Gasteiger partial charge on any atom is 0.319 e. The second kappa shape index (κ2) is 10.6. The molecule has 30 heavy (non-hydrogen) atoms. The first-order chi connectivity index (χ1) is 14.2. The van der Waals surface area contributed by atoms with E-state index < -0.39 is 0 Å². The number of benzene rings is 2. The van der Waals surface area contributed by atoms with Crippen molar-refractivity contribution in [1.29, 1.82) is 0 Å². The van der Waals surface area contributed by atoms with Crippen LogP contribution in [-0.4, -0.2) is 44.6 Å². The number of likely N-dealkylation sites (N-methyl/N-ethyl adjacent to an activating group) is 1. The van der Waals surface area contributed by atoms with Gasteiger partial charge in [-0.1, -0.05) is 32.0 Å². The molecule has 3 amide bonds. The summed E-state index contributed by atoms with van der Waals surface area (Å²) in [6.07, 6.45) is 0. The number of carbonyl (C=O) groups is 2. The normalized spacial score (nSPS) is 11.9. The lowest BCUT2D eigenvalue weighted by molar-refractivity contribution is -0.118. The third-order valence-corrected chi connectivity index (χ3v) is 4.84. The van der Waals surface area contributed by atoms with Crippen molar-refractivity contribution in [2.75, 3.05) is 38.4 Å². The second-order valence-corrected chi connectivity index (χ2v) is 7.76. The number of ether oxygens (including phenoxy) is 1. The number of anilines is 2. The van der Waals surface area contributed by atoms with Crippen molar-refractivity contribution in [3.05, 3.63) is 53.6 Å². The molecule has 0 bridgehead atoms. The molecular formula is C23H32N4O3. The average molecular weight is 413 g/mol. The second-order valence-electron chi connectivity index (χ2n) is 7.76. The first kappa shape index (κ1) is 23.2. The van der Waals surface area contributed by atoms with Gasteiger partial charge in [0, 0.05) is 23.8 Å². The summed E-state index contributed by atoms with van der Waals surface area (Å²) in [5.74, 6) is 0.589. The number of urea groups is 1. The summed E-state index contributed by atoms with van der Waals surface area (Å²) in [4.78, 5) is 26.5. The van der Waals surface area contributed by atoms with Crippen molar-refractivity contribution in [3.8, 4) is 5.75 Å². The summed E-state index contributed by atoms with van der Waals surface area (Å²) in [5, 5.41) is 8.66. The van der Waals surface area contributed by atoms with Gasteiger partial charge in [-0.15, -0.1) is 0 Å². The van der Waals surface area contributed by atoms with Crippen LogP contribution in [0.5, 0.6) is 5.75 Å². The highest BCUT2D eigenvalue weighted by Gasteiger charge is 2.16. The molecule has 0 spiro atoms. The molecule has 0 aromatic heterocycles. The van der Waals surface area contributed by atoms with Gasteiger partial charge < -0.3 is 25.6 Å². The van der Waals surface area contributed by atoms with Crippen molar-refractivity contribution >= 4 is 23.3 Å². The third kappa shape index (κ3) is 6.49. The minimum absolute atomic E-state index is 0.0105. The van der Waals surface area contributed by atoms with E-state index in [4.69, 9.17) is 4.74 Å². The Balaban J connectivity index is 2.04. The predicted octanol–water partition coefficient (Wildman–Crippen LogP) is 4.02. The number of hydrogen-bond donors (Lipinski definition) is 3. The molecule has 2 aromatic rings. The molecule has 2 rings (SSSR count). The van der Waals surface area contributed by atoms with E-state index in [9.17, 15) is 9.59 Å². The Hall–Kier alpha value is -3.06. The molecule has 0 aliphatic rings. The molecule has 1 unspecified atom stereocenters. The molecule has 0 fully saturated rings. The maximum atomic E-state index is 12.5. The highest BCUT2D eigenvalue weighted by atomic mass is 16.5. The molecule has 3 N–H and O–H groups in total. The molecule has 0 saturated heterocycles. The minimum Gasteiger partial charge on any atom is -0.497 e. The highest BCUT2D eigenvalue weighted by Crippen LogP contribution is 2.23. The molecule has 0 saturated carbocycles. The van der Waals surface area contributed by atoms with Gasteiger partial charge in [-0.05, 0) is 56.4 Å². The summed E-state index contributed by atoms with van der Waals surface area (Å²) in [7, 11) is 5.57. The lowest BCUT2D eigenvalue weighted by Gasteiger charge is -2.25. The average Bonchev–Trinajstić information content (AvgIpc) is 2.70. The zero-order chi connectivity index (χ0) is 22.3. The van der Waals surface area contributed by atoms with Gasteiger partial charge in [-0.2, -0.15) is 0 Å². The fraction of sp³-hybridized carbons (Fsp3) is 0.391. The van der Waals surface area contributed by atoms with Gasteiger partial charge in [0.05, 0.1) is 13.2 Å². The zero-order valence-electron chi connectivity index (χ0n) is 18.6. The van der Waals surface area contributed by atoms with E-state index in [0.717, 1.165) is 16.9 Å². The van der Waals surface area contributed by atoms with Gasteiger partial charge in [0.1, 0.15) is 5.75 Å². The quantitative estimate of drug-likeness (QED) is 0.611. The summed E-state index contributed by atoms with van der Waals surface area (Å²) < 4.78 is 5.31. The topological polar surface area (TPSA) is 82.7 Å². The fourth-order valence-electron chi connectivity index (χ4n) is 2.92. The Morgan fingerprint density at radius 3 is 2.43 bits per heavy atom. The summed E-state index contributed by atoms with van der Waals surface area (Å²) in [5.41, 5.74) is 3.26. The number of carbonyl (C=O) groups excluding carboxylic acids is 2. The number of aryl methyl sites for hydroxylation is 1. The van der Waals surface area contributed by atoms with E-state index in [1.165, 1.54) is 0 Å². The first-order valence-electron chi connectivity index (χ1n) is 9.98. The molecule has 7 heteroatoms. The Bertz CT molecular complexity index is 881. The number of methoxy groups -OCH3 is 1. The first-order valence-corrected chi connectivity index (χ1v) is 9.98. The van der Waals surface area contributed by atoms with Gasteiger partial charge in [-0.25, -0.2) is 4.79 Å². The third-order valence-electron chi connectivity index (χ3n) is 4.84. The van der Waals surface area contributed by atoms with Gasteiger partial charge in [0.2, 0.25) is 5.91 Å². The van der Waals surface area contributed by atoms with Crippen LogP contribution in [0, 0.1) is 12.8 Å². The standard InChI is InChI=1S/C23H32N4O3/c1-15(2)22(28)25-18-11-10-16(3)20(13-18)26-23(29)24-14-21(27(4)5)17-8-7-9-19(12-17)30-6/h7-13,15,21H,14H2,1-6H3,(H,25,28)(H2,24,26,29). The van der Waals surface area contributed by atoms with Crippen LogP contribution in [0.25, 0.3) is 0 Å². The van der Waals surface area contributed by atoms with E-state index >= 15 is 0 Å². The Labute approximate surface area is 178 Å². The molecule has 1 atom stereocenters. The van der Waals surface area contributed by atoms with E-state index in [-0.39, 0.29) is 23.9 Å². The van der Waals surface area contributed by atoms with Crippen LogP contribution in [0.15, 0.2) is 42.5 Å².